The number of ether oxygens (including phenoxy) is 4. The van der Waals surface area contributed by atoms with Crippen molar-refractivity contribution in [1.82, 2.24) is 0 Å². The van der Waals surface area contributed by atoms with Crippen LogP contribution in [0.3, 0.4) is 0 Å². The van der Waals surface area contributed by atoms with Gasteiger partial charge in [0.25, 0.3) is 0 Å². The first-order chi connectivity index (χ1) is 15.9. The van der Waals surface area contributed by atoms with E-state index >= 15 is 0 Å². The Labute approximate surface area is 192 Å². The molecule has 0 fully saturated rings. The molecule has 4 rings (SSSR count). The number of fused-ring (bicyclic) bond motifs is 2. The first-order valence-corrected chi connectivity index (χ1v) is 11.2. The van der Waals surface area contributed by atoms with Gasteiger partial charge in [-0.2, -0.15) is 0 Å². The summed E-state index contributed by atoms with van der Waals surface area (Å²) < 4.78 is 28.2. The second-order valence-electron chi connectivity index (χ2n) is 8.25. The lowest BCUT2D eigenvalue weighted by atomic mass is 9.99. The van der Waals surface area contributed by atoms with E-state index in [4.69, 9.17) is 23.4 Å². The monoisotopic (exact) mass is 452 g/mol. The highest BCUT2D eigenvalue weighted by molar-refractivity contribution is 5.85. The zero-order valence-electron chi connectivity index (χ0n) is 19.4. The molecule has 33 heavy (non-hydrogen) atoms. The third kappa shape index (κ3) is 4.82. The quantitative estimate of drug-likeness (QED) is 0.475. The molecule has 1 aliphatic heterocycles. The highest BCUT2D eigenvalue weighted by Crippen LogP contribution is 2.36. The number of hydrogen-bond donors (Lipinski definition) is 0. The third-order valence-corrected chi connectivity index (χ3v) is 5.31. The summed E-state index contributed by atoms with van der Waals surface area (Å²) in [4.78, 5) is 25.5. The summed E-state index contributed by atoms with van der Waals surface area (Å²) in [7, 11) is 0. The Kier molecular flexibility index (Phi) is 6.58. The van der Waals surface area contributed by atoms with Crippen LogP contribution in [0.25, 0.3) is 22.1 Å². The molecule has 174 valence electrons. The van der Waals surface area contributed by atoms with Crippen molar-refractivity contribution in [3.05, 3.63) is 51.9 Å². The third-order valence-electron chi connectivity index (χ3n) is 5.31. The van der Waals surface area contributed by atoms with Crippen molar-refractivity contribution >= 4 is 16.9 Å². The number of carbonyl (C=O) groups is 1. The molecule has 7 nitrogen and oxygen atoms in total. The second kappa shape index (κ2) is 9.57. The topological polar surface area (TPSA) is 84.2 Å². The molecule has 0 N–H and O–H groups in total. The van der Waals surface area contributed by atoms with Crippen molar-refractivity contribution < 1.29 is 28.2 Å². The number of hydrogen-bond acceptors (Lipinski definition) is 7. The Morgan fingerprint density at radius 2 is 1.85 bits per heavy atom. The van der Waals surface area contributed by atoms with Gasteiger partial charge in [0.2, 0.25) is 5.43 Å². The van der Waals surface area contributed by atoms with Crippen LogP contribution in [0, 0.1) is 6.92 Å². The number of rotatable bonds is 7. The van der Waals surface area contributed by atoms with E-state index in [1.807, 2.05) is 25.1 Å². The van der Waals surface area contributed by atoms with Crippen molar-refractivity contribution in [2.24, 2.45) is 0 Å². The first-order valence-electron chi connectivity index (χ1n) is 11.2. The van der Waals surface area contributed by atoms with Crippen molar-refractivity contribution in [3.8, 4) is 28.4 Å². The second-order valence-corrected chi connectivity index (χ2v) is 8.25. The standard InChI is InChI=1S/C26H28O7/c1-5-6-17-11-19-22(13-21(17)31-14-24(27)32-15(2)3)33-16(4)25(26(19)28)18-7-8-20-23(12-18)30-10-9-29-20/h7-8,11-13,15H,5-6,9-10,14H2,1-4H3. The van der Waals surface area contributed by atoms with Gasteiger partial charge in [-0.3, -0.25) is 4.79 Å². The van der Waals surface area contributed by atoms with E-state index in [9.17, 15) is 9.59 Å². The molecular weight excluding hydrogens is 424 g/mol. The molecule has 0 unspecified atom stereocenters. The molecular formula is C26H28O7. The van der Waals surface area contributed by atoms with E-state index in [-0.39, 0.29) is 18.1 Å². The highest BCUT2D eigenvalue weighted by Gasteiger charge is 2.20. The Bertz CT molecular complexity index is 1240. The minimum absolute atomic E-state index is 0.131. The predicted molar refractivity (Wildman–Crippen MR) is 124 cm³/mol. The largest absolute Gasteiger partial charge is 0.486 e. The van der Waals surface area contributed by atoms with Gasteiger partial charge < -0.3 is 23.4 Å². The SMILES string of the molecule is CCCc1cc2c(=O)c(-c3ccc4c(c3)OCCO4)c(C)oc2cc1OCC(=O)OC(C)C. The lowest BCUT2D eigenvalue weighted by Gasteiger charge is -2.19. The van der Waals surface area contributed by atoms with Gasteiger partial charge >= 0.3 is 5.97 Å². The molecule has 0 radical (unpaired) electrons. The number of esters is 1. The molecule has 0 bridgehead atoms. The number of aryl methyl sites for hydroxylation is 2. The van der Waals surface area contributed by atoms with Gasteiger partial charge in [0, 0.05) is 6.07 Å². The smallest absolute Gasteiger partial charge is 0.344 e. The van der Waals surface area contributed by atoms with Crippen LogP contribution in [-0.4, -0.2) is 31.9 Å². The lowest BCUT2D eigenvalue weighted by molar-refractivity contribution is -0.149. The molecule has 7 heteroatoms. The summed E-state index contributed by atoms with van der Waals surface area (Å²) >= 11 is 0. The Balaban J connectivity index is 1.75. The molecule has 0 amide bonds. The van der Waals surface area contributed by atoms with Crippen LogP contribution in [0.1, 0.15) is 38.5 Å². The van der Waals surface area contributed by atoms with Crippen LogP contribution in [0.4, 0.5) is 0 Å². The molecule has 0 saturated heterocycles. The average Bonchev–Trinajstić information content (AvgIpc) is 2.78. The van der Waals surface area contributed by atoms with Crippen LogP contribution in [-0.2, 0) is 16.0 Å². The molecule has 1 aliphatic rings. The molecule has 3 aromatic rings. The summed E-state index contributed by atoms with van der Waals surface area (Å²) in [5.41, 5.74) is 2.31. The zero-order chi connectivity index (χ0) is 23.5. The lowest BCUT2D eigenvalue weighted by Crippen LogP contribution is -2.19. The van der Waals surface area contributed by atoms with Crippen molar-refractivity contribution in [1.29, 1.82) is 0 Å². The van der Waals surface area contributed by atoms with E-state index in [0.29, 0.717) is 64.7 Å². The van der Waals surface area contributed by atoms with E-state index in [1.54, 1.807) is 32.9 Å². The van der Waals surface area contributed by atoms with Gasteiger partial charge in [0.1, 0.15) is 30.3 Å². The highest BCUT2D eigenvalue weighted by atomic mass is 16.6. The maximum atomic E-state index is 13.5. The van der Waals surface area contributed by atoms with E-state index in [2.05, 4.69) is 0 Å². The van der Waals surface area contributed by atoms with Gasteiger partial charge in [0.05, 0.1) is 17.1 Å². The Morgan fingerprint density at radius 3 is 2.58 bits per heavy atom. The summed E-state index contributed by atoms with van der Waals surface area (Å²) in [6.07, 6.45) is 1.33. The minimum Gasteiger partial charge on any atom is -0.486 e. The van der Waals surface area contributed by atoms with Gasteiger partial charge in [0.15, 0.2) is 18.1 Å². The summed E-state index contributed by atoms with van der Waals surface area (Å²) in [5.74, 6) is 1.83. The van der Waals surface area contributed by atoms with E-state index in [0.717, 1.165) is 12.0 Å². The minimum atomic E-state index is -0.445. The van der Waals surface area contributed by atoms with E-state index in [1.165, 1.54) is 0 Å². The van der Waals surface area contributed by atoms with Gasteiger partial charge in [-0.1, -0.05) is 19.4 Å². The van der Waals surface area contributed by atoms with Gasteiger partial charge in [-0.15, -0.1) is 0 Å². The molecule has 0 saturated carbocycles. The first kappa shape index (κ1) is 22.7. The zero-order valence-corrected chi connectivity index (χ0v) is 19.4. The van der Waals surface area contributed by atoms with Crippen LogP contribution in [0.2, 0.25) is 0 Å². The van der Waals surface area contributed by atoms with Crippen LogP contribution >= 0.6 is 0 Å². The Hall–Kier alpha value is -3.48. The van der Waals surface area contributed by atoms with Gasteiger partial charge in [-0.25, -0.2) is 4.79 Å². The average molecular weight is 453 g/mol. The van der Waals surface area contributed by atoms with Crippen molar-refractivity contribution in [3.63, 3.8) is 0 Å². The number of benzene rings is 2. The molecule has 0 atom stereocenters. The normalized spacial score (nSPS) is 12.8. The van der Waals surface area contributed by atoms with Crippen LogP contribution in [0.5, 0.6) is 17.2 Å². The maximum absolute atomic E-state index is 13.5. The fourth-order valence-electron chi connectivity index (χ4n) is 3.94. The van der Waals surface area contributed by atoms with E-state index < -0.39 is 5.97 Å². The van der Waals surface area contributed by atoms with Crippen molar-refractivity contribution in [2.75, 3.05) is 19.8 Å². The van der Waals surface area contributed by atoms with Crippen LogP contribution in [0.15, 0.2) is 39.5 Å². The van der Waals surface area contributed by atoms with Crippen LogP contribution < -0.4 is 19.6 Å². The molecule has 2 heterocycles. The predicted octanol–water partition coefficient (Wildman–Crippen LogP) is 4.82. The molecule has 1 aromatic heterocycles. The number of carbonyl (C=O) groups excluding carboxylic acids is 1. The molecule has 0 aliphatic carbocycles. The fourth-order valence-corrected chi connectivity index (χ4v) is 3.94. The van der Waals surface area contributed by atoms with Crippen molar-refractivity contribution in [2.45, 2.75) is 46.6 Å². The fraction of sp³-hybridized carbons (Fsp3) is 0.385. The summed E-state index contributed by atoms with van der Waals surface area (Å²) in [6.45, 7) is 8.13. The molecule has 0 spiro atoms. The maximum Gasteiger partial charge on any atom is 0.344 e. The summed E-state index contributed by atoms with van der Waals surface area (Å²) in [5, 5.41) is 0.464. The Morgan fingerprint density at radius 1 is 1.09 bits per heavy atom. The van der Waals surface area contributed by atoms with Gasteiger partial charge in [-0.05, 0) is 56.5 Å². The molecule has 2 aromatic carbocycles. The summed E-state index contributed by atoms with van der Waals surface area (Å²) in [6, 6.07) is 8.94.